The van der Waals surface area contributed by atoms with Gasteiger partial charge in [-0.25, -0.2) is 0 Å². The van der Waals surface area contributed by atoms with Gasteiger partial charge in [-0.05, 0) is 64.7 Å². The molecule has 2 unspecified atom stereocenters. The number of rotatable bonds is 3. The molecule has 1 amide bonds. The molecule has 0 aromatic carbocycles. The normalized spacial score (nSPS) is 33.1. The summed E-state index contributed by atoms with van der Waals surface area (Å²) in [6.07, 6.45) is 5.93. The minimum absolute atomic E-state index is 0.345. The van der Waals surface area contributed by atoms with Gasteiger partial charge < -0.3 is 15.1 Å². The lowest BCUT2D eigenvalue weighted by Gasteiger charge is -2.29. The first-order chi connectivity index (χ1) is 9.12. The summed E-state index contributed by atoms with van der Waals surface area (Å²) in [7, 11) is 4.21. The predicted octanol–water partition coefficient (Wildman–Crippen LogP) is 0.929. The molecule has 1 N–H and O–H groups in total. The zero-order chi connectivity index (χ0) is 13.5. The average molecular weight is 265 g/mol. The molecule has 0 aromatic heterocycles. The van der Waals surface area contributed by atoms with Crippen LogP contribution < -0.4 is 5.32 Å². The predicted molar refractivity (Wildman–Crippen MR) is 75.9 cm³/mol. The maximum atomic E-state index is 12.8. The van der Waals surface area contributed by atoms with Gasteiger partial charge in [-0.15, -0.1) is 0 Å². The number of hydrogen-bond acceptors (Lipinski definition) is 3. The van der Waals surface area contributed by atoms with E-state index in [0.29, 0.717) is 23.3 Å². The van der Waals surface area contributed by atoms with Gasteiger partial charge >= 0.3 is 0 Å². The Balaban J connectivity index is 1.61. The van der Waals surface area contributed by atoms with Crippen molar-refractivity contribution in [3.05, 3.63) is 0 Å². The second kappa shape index (κ2) is 5.06. The van der Waals surface area contributed by atoms with Crippen molar-refractivity contribution < 1.29 is 4.79 Å². The molecule has 2 atom stereocenters. The Bertz CT molecular complexity index is 349. The maximum absolute atomic E-state index is 12.8. The van der Waals surface area contributed by atoms with E-state index in [1.807, 2.05) is 0 Å². The first-order valence-corrected chi connectivity index (χ1v) is 7.78. The van der Waals surface area contributed by atoms with Crippen molar-refractivity contribution in [2.24, 2.45) is 11.3 Å². The zero-order valence-electron chi connectivity index (χ0n) is 12.3. The van der Waals surface area contributed by atoms with Crippen LogP contribution in [0.3, 0.4) is 0 Å². The molecule has 0 radical (unpaired) electrons. The quantitative estimate of drug-likeness (QED) is 0.824. The van der Waals surface area contributed by atoms with E-state index in [4.69, 9.17) is 0 Å². The van der Waals surface area contributed by atoms with Gasteiger partial charge in [0.25, 0.3) is 0 Å². The molecule has 0 bridgehead atoms. The summed E-state index contributed by atoms with van der Waals surface area (Å²) in [5.41, 5.74) is 0.383. The molecule has 4 nitrogen and oxygen atoms in total. The van der Waals surface area contributed by atoms with Crippen LogP contribution in [0.1, 0.15) is 32.1 Å². The summed E-state index contributed by atoms with van der Waals surface area (Å²) in [5, 5.41) is 3.41. The molecule has 0 aromatic rings. The number of amides is 1. The van der Waals surface area contributed by atoms with Crippen molar-refractivity contribution in [3.63, 3.8) is 0 Å². The highest BCUT2D eigenvalue weighted by molar-refractivity contribution is 5.83. The molecule has 3 fully saturated rings. The summed E-state index contributed by atoms with van der Waals surface area (Å²) < 4.78 is 0. The molecule has 1 aliphatic carbocycles. The van der Waals surface area contributed by atoms with Crippen LogP contribution in [0.5, 0.6) is 0 Å². The molecule has 2 heterocycles. The third-order valence-corrected chi connectivity index (χ3v) is 5.32. The number of likely N-dealkylation sites (tertiary alicyclic amines) is 1. The van der Waals surface area contributed by atoms with E-state index in [2.05, 4.69) is 29.2 Å². The molecular formula is C15H27N3O. The highest BCUT2D eigenvalue weighted by Gasteiger charge is 2.59. The van der Waals surface area contributed by atoms with Gasteiger partial charge in [-0.2, -0.15) is 0 Å². The summed E-state index contributed by atoms with van der Waals surface area (Å²) in [4.78, 5) is 17.2. The van der Waals surface area contributed by atoms with Crippen LogP contribution in [-0.4, -0.2) is 62.0 Å². The highest BCUT2D eigenvalue weighted by atomic mass is 16.2. The lowest BCUT2D eigenvalue weighted by atomic mass is 9.91. The topological polar surface area (TPSA) is 35.6 Å². The van der Waals surface area contributed by atoms with Crippen molar-refractivity contribution in [2.75, 3.05) is 40.3 Å². The van der Waals surface area contributed by atoms with E-state index in [1.54, 1.807) is 0 Å². The van der Waals surface area contributed by atoms with Gasteiger partial charge in [-0.3, -0.25) is 4.79 Å². The van der Waals surface area contributed by atoms with Crippen LogP contribution >= 0.6 is 0 Å². The Morgan fingerprint density at radius 2 is 2.11 bits per heavy atom. The monoisotopic (exact) mass is 265 g/mol. The fourth-order valence-electron chi connectivity index (χ4n) is 4.11. The van der Waals surface area contributed by atoms with Gasteiger partial charge in [-0.1, -0.05) is 0 Å². The van der Waals surface area contributed by atoms with Crippen molar-refractivity contribution in [3.8, 4) is 0 Å². The Kier molecular flexibility index (Phi) is 3.56. The molecule has 1 saturated carbocycles. The van der Waals surface area contributed by atoms with Crippen LogP contribution in [-0.2, 0) is 4.79 Å². The van der Waals surface area contributed by atoms with E-state index in [-0.39, 0.29) is 0 Å². The molecule has 1 spiro atoms. The Morgan fingerprint density at radius 3 is 2.79 bits per heavy atom. The van der Waals surface area contributed by atoms with Crippen LogP contribution in [0, 0.1) is 11.3 Å². The van der Waals surface area contributed by atoms with Crippen molar-refractivity contribution in [1.29, 1.82) is 0 Å². The largest absolute Gasteiger partial charge is 0.338 e. The smallest absolute Gasteiger partial charge is 0.226 e. The fraction of sp³-hybridized carbons (Fsp3) is 0.933. The van der Waals surface area contributed by atoms with E-state index in [1.165, 1.54) is 25.7 Å². The highest BCUT2D eigenvalue weighted by Crippen LogP contribution is 2.59. The van der Waals surface area contributed by atoms with Crippen LogP contribution in [0.15, 0.2) is 0 Å². The number of carbonyl (C=O) groups is 1. The molecule has 2 aliphatic heterocycles. The molecule has 108 valence electrons. The Labute approximate surface area is 116 Å². The lowest BCUT2D eigenvalue weighted by Crippen LogP contribution is -2.43. The third-order valence-electron chi connectivity index (χ3n) is 5.32. The summed E-state index contributed by atoms with van der Waals surface area (Å²) in [5.74, 6) is 0.809. The Hall–Kier alpha value is -0.610. The first kappa shape index (κ1) is 13.4. The van der Waals surface area contributed by atoms with Gasteiger partial charge in [0.15, 0.2) is 0 Å². The number of hydrogen-bond donors (Lipinski definition) is 1. The van der Waals surface area contributed by atoms with Gasteiger partial charge in [0, 0.05) is 25.0 Å². The van der Waals surface area contributed by atoms with E-state index >= 15 is 0 Å². The van der Waals surface area contributed by atoms with Crippen LogP contribution in [0.25, 0.3) is 0 Å². The number of piperidine rings is 1. The van der Waals surface area contributed by atoms with Gasteiger partial charge in [0.05, 0.1) is 0 Å². The van der Waals surface area contributed by atoms with Crippen molar-refractivity contribution in [1.82, 2.24) is 15.1 Å². The SMILES string of the molecule is CN(C)CC1CCCN1C(=O)C1CC12CCNCC2. The summed E-state index contributed by atoms with van der Waals surface area (Å²) in [6, 6.07) is 0.460. The number of nitrogens with one attached hydrogen (secondary N) is 1. The lowest BCUT2D eigenvalue weighted by molar-refractivity contribution is -0.134. The summed E-state index contributed by atoms with van der Waals surface area (Å²) in [6.45, 7) is 4.21. The minimum atomic E-state index is 0.345. The minimum Gasteiger partial charge on any atom is -0.338 e. The second-order valence-electron chi connectivity index (χ2n) is 6.96. The van der Waals surface area contributed by atoms with Crippen molar-refractivity contribution in [2.45, 2.75) is 38.1 Å². The van der Waals surface area contributed by atoms with Crippen LogP contribution in [0.4, 0.5) is 0 Å². The average Bonchev–Trinajstić information content (AvgIpc) is 2.86. The zero-order valence-corrected chi connectivity index (χ0v) is 12.3. The molecule has 4 heteroatoms. The first-order valence-electron chi connectivity index (χ1n) is 7.78. The van der Waals surface area contributed by atoms with E-state index in [0.717, 1.165) is 32.6 Å². The van der Waals surface area contributed by atoms with Gasteiger partial charge in [0.2, 0.25) is 5.91 Å². The molecular weight excluding hydrogens is 238 g/mol. The Morgan fingerprint density at radius 1 is 1.37 bits per heavy atom. The standard InChI is InChI=1S/C15H27N3O/c1-17(2)11-12-4-3-9-18(12)14(19)13-10-15(13)5-7-16-8-6-15/h12-13,16H,3-11H2,1-2H3. The number of carbonyl (C=O) groups excluding carboxylic acids is 1. The van der Waals surface area contributed by atoms with Crippen LogP contribution in [0.2, 0.25) is 0 Å². The maximum Gasteiger partial charge on any atom is 0.226 e. The number of nitrogens with zero attached hydrogens (tertiary/aromatic N) is 2. The van der Waals surface area contributed by atoms with E-state index in [9.17, 15) is 4.79 Å². The second-order valence-corrected chi connectivity index (χ2v) is 6.96. The summed E-state index contributed by atoms with van der Waals surface area (Å²) >= 11 is 0. The fourth-order valence-corrected chi connectivity index (χ4v) is 4.11. The molecule has 3 aliphatic rings. The van der Waals surface area contributed by atoms with E-state index < -0.39 is 0 Å². The molecule has 19 heavy (non-hydrogen) atoms. The molecule has 3 rings (SSSR count). The van der Waals surface area contributed by atoms with Gasteiger partial charge in [0.1, 0.15) is 0 Å². The number of likely N-dealkylation sites (N-methyl/N-ethyl adjacent to an activating group) is 1. The van der Waals surface area contributed by atoms with Crippen molar-refractivity contribution >= 4 is 5.91 Å². The molecule has 2 saturated heterocycles. The third kappa shape index (κ3) is 2.52.